The van der Waals surface area contributed by atoms with Crippen LogP contribution in [0.1, 0.15) is 56.1 Å². The average molecular weight is 360 g/mol. The fraction of sp³-hybridized carbons (Fsp3) is 0.611. The Balaban J connectivity index is 1.85. The van der Waals surface area contributed by atoms with Gasteiger partial charge < -0.3 is 5.11 Å². The van der Waals surface area contributed by atoms with E-state index in [9.17, 15) is 30.1 Å². The van der Waals surface area contributed by atoms with Crippen LogP contribution in [0, 0.1) is 37.5 Å². The predicted molar refractivity (Wildman–Crippen MR) is 91.0 cm³/mol. The van der Waals surface area contributed by atoms with Gasteiger partial charge in [-0.15, -0.1) is 0 Å². The van der Waals surface area contributed by atoms with E-state index in [1.54, 1.807) is 0 Å². The molecule has 0 amide bonds. The quantitative estimate of drug-likeness (QED) is 0.634. The first-order valence-electron chi connectivity index (χ1n) is 8.96. The third kappa shape index (κ3) is 2.10. The number of Topliss-reactive ketones (excluding diaryl/α,β-unsaturated/α-hetero) is 1. The SMILES string of the molecule is C[C@]12CC[C@H]3c4cc([N+](=O)[O-])c(O)c([N+](=O)[O-])c4CC[C@@H]3[C@@H]1CCC2=O. The molecule has 4 rings (SSSR count). The molecule has 1 N–H and O–H groups in total. The van der Waals surface area contributed by atoms with Gasteiger partial charge in [-0.25, -0.2) is 0 Å². The van der Waals surface area contributed by atoms with Crippen LogP contribution in [-0.2, 0) is 11.2 Å². The van der Waals surface area contributed by atoms with E-state index in [0.29, 0.717) is 49.0 Å². The Hall–Kier alpha value is -2.51. The van der Waals surface area contributed by atoms with Gasteiger partial charge in [0.05, 0.1) is 9.85 Å². The molecular formula is C18H20N2O6. The summed E-state index contributed by atoms with van der Waals surface area (Å²) in [7, 11) is 0. The van der Waals surface area contributed by atoms with Gasteiger partial charge in [-0.3, -0.25) is 25.0 Å². The third-order valence-electron chi connectivity index (χ3n) is 7.05. The van der Waals surface area contributed by atoms with Crippen molar-refractivity contribution in [3.63, 3.8) is 0 Å². The minimum absolute atomic E-state index is 0.0271. The number of aromatic hydroxyl groups is 1. The lowest BCUT2D eigenvalue weighted by atomic mass is 9.55. The van der Waals surface area contributed by atoms with Crippen molar-refractivity contribution in [1.29, 1.82) is 0 Å². The maximum absolute atomic E-state index is 12.4. The van der Waals surface area contributed by atoms with Crippen LogP contribution in [0.4, 0.5) is 11.4 Å². The summed E-state index contributed by atoms with van der Waals surface area (Å²) in [4.78, 5) is 33.7. The highest BCUT2D eigenvalue weighted by Gasteiger charge is 2.55. The Labute approximate surface area is 149 Å². The van der Waals surface area contributed by atoms with Gasteiger partial charge in [0.2, 0.25) is 0 Å². The van der Waals surface area contributed by atoms with Gasteiger partial charge >= 0.3 is 11.4 Å². The van der Waals surface area contributed by atoms with Crippen LogP contribution < -0.4 is 0 Å². The molecule has 0 spiro atoms. The van der Waals surface area contributed by atoms with Crippen LogP contribution >= 0.6 is 0 Å². The summed E-state index contributed by atoms with van der Waals surface area (Å²) in [6, 6.07) is 1.33. The lowest BCUT2D eigenvalue weighted by Gasteiger charge is -2.48. The molecule has 0 aliphatic heterocycles. The molecule has 0 unspecified atom stereocenters. The van der Waals surface area contributed by atoms with E-state index in [1.807, 2.05) is 6.92 Å². The number of nitro benzene ring substituents is 2. The molecular weight excluding hydrogens is 340 g/mol. The molecule has 3 aliphatic rings. The number of hydrogen-bond acceptors (Lipinski definition) is 6. The van der Waals surface area contributed by atoms with E-state index in [0.717, 1.165) is 6.42 Å². The number of fused-ring (bicyclic) bond motifs is 5. The Bertz CT molecular complexity index is 851. The zero-order chi connectivity index (χ0) is 18.8. The summed E-state index contributed by atoms with van der Waals surface area (Å²) in [6.07, 6.45) is 3.92. The minimum atomic E-state index is -0.853. The maximum atomic E-state index is 12.4. The Morgan fingerprint density at radius 2 is 1.88 bits per heavy atom. The van der Waals surface area contributed by atoms with Gasteiger partial charge in [-0.2, -0.15) is 0 Å². The highest BCUT2D eigenvalue weighted by atomic mass is 16.6. The average Bonchev–Trinajstić information content (AvgIpc) is 2.88. The number of nitro groups is 2. The fourth-order valence-corrected chi connectivity index (χ4v) is 5.79. The zero-order valence-corrected chi connectivity index (χ0v) is 14.4. The largest absolute Gasteiger partial charge is 0.497 e. The topological polar surface area (TPSA) is 124 Å². The Kier molecular flexibility index (Phi) is 3.58. The number of rotatable bonds is 2. The highest BCUT2D eigenvalue weighted by Crippen LogP contribution is 2.61. The second kappa shape index (κ2) is 5.49. The van der Waals surface area contributed by atoms with E-state index >= 15 is 0 Å². The van der Waals surface area contributed by atoms with Crippen LogP contribution in [-0.4, -0.2) is 20.7 Å². The van der Waals surface area contributed by atoms with Crippen LogP contribution in [0.3, 0.4) is 0 Å². The first kappa shape index (κ1) is 16.9. The second-order valence-corrected chi connectivity index (χ2v) is 8.01. The number of carbonyl (C=O) groups excluding carboxylic acids is 1. The molecule has 8 heteroatoms. The molecule has 8 nitrogen and oxygen atoms in total. The molecule has 3 aliphatic carbocycles. The summed E-state index contributed by atoms with van der Waals surface area (Å²) in [6.45, 7) is 2.03. The van der Waals surface area contributed by atoms with Gasteiger partial charge in [0.15, 0.2) is 0 Å². The molecule has 0 bridgehead atoms. The van der Waals surface area contributed by atoms with Crippen molar-refractivity contribution in [2.75, 3.05) is 0 Å². The Morgan fingerprint density at radius 1 is 1.15 bits per heavy atom. The lowest BCUT2D eigenvalue weighted by molar-refractivity contribution is -0.396. The maximum Gasteiger partial charge on any atom is 0.321 e. The monoisotopic (exact) mass is 360 g/mol. The standard InChI is InChI=1S/C18H20N2O6/c1-18-7-6-9-10(13(18)4-5-15(18)21)2-3-11-12(9)8-14(19(23)24)17(22)16(11)20(25)26/h8-10,13,22H,2-7H2,1H3/t9-,10+,13+,18+/m1/s1. The number of phenols is 1. The molecule has 26 heavy (non-hydrogen) atoms. The van der Waals surface area contributed by atoms with Gasteiger partial charge in [-0.1, -0.05) is 6.92 Å². The van der Waals surface area contributed by atoms with Gasteiger partial charge in [0.1, 0.15) is 5.78 Å². The van der Waals surface area contributed by atoms with Crippen molar-refractivity contribution in [2.24, 2.45) is 17.3 Å². The minimum Gasteiger partial charge on any atom is -0.497 e. The second-order valence-electron chi connectivity index (χ2n) is 8.01. The Morgan fingerprint density at radius 3 is 2.54 bits per heavy atom. The predicted octanol–water partition coefficient (Wildman–Crippen LogP) is 3.63. The summed E-state index contributed by atoms with van der Waals surface area (Å²) < 4.78 is 0. The molecule has 0 aromatic heterocycles. The molecule has 1 aromatic rings. The van der Waals surface area contributed by atoms with Gasteiger partial charge in [-0.05, 0) is 55.4 Å². The van der Waals surface area contributed by atoms with E-state index in [1.165, 1.54) is 6.07 Å². The van der Waals surface area contributed by atoms with Crippen molar-refractivity contribution < 1.29 is 19.7 Å². The smallest absolute Gasteiger partial charge is 0.321 e. The van der Waals surface area contributed by atoms with Crippen molar-refractivity contribution in [1.82, 2.24) is 0 Å². The molecule has 138 valence electrons. The van der Waals surface area contributed by atoms with Crippen LogP contribution in [0.25, 0.3) is 0 Å². The molecule has 2 saturated carbocycles. The highest BCUT2D eigenvalue weighted by molar-refractivity contribution is 5.87. The molecule has 2 fully saturated rings. The summed E-state index contributed by atoms with van der Waals surface area (Å²) >= 11 is 0. The van der Waals surface area contributed by atoms with E-state index in [-0.39, 0.29) is 23.2 Å². The van der Waals surface area contributed by atoms with Crippen molar-refractivity contribution in [3.8, 4) is 5.75 Å². The number of ketones is 1. The summed E-state index contributed by atoms with van der Waals surface area (Å²) in [5, 5.41) is 32.9. The van der Waals surface area contributed by atoms with Crippen molar-refractivity contribution in [2.45, 2.75) is 51.4 Å². The van der Waals surface area contributed by atoms with E-state index in [4.69, 9.17) is 0 Å². The van der Waals surface area contributed by atoms with Crippen molar-refractivity contribution in [3.05, 3.63) is 37.4 Å². The van der Waals surface area contributed by atoms with Gasteiger partial charge in [0, 0.05) is 23.5 Å². The van der Waals surface area contributed by atoms with E-state index < -0.39 is 27.0 Å². The normalized spacial score (nSPS) is 32.5. The lowest BCUT2D eigenvalue weighted by Crippen LogP contribution is -2.42. The molecule has 0 radical (unpaired) electrons. The fourth-order valence-electron chi connectivity index (χ4n) is 5.79. The van der Waals surface area contributed by atoms with Crippen LogP contribution in [0.2, 0.25) is 0 Å². The molecule has 0 heterocycles. The number of carbonyl (C=O) groups is 1. The molecule has 1 aromatic carbocycles. The number of benzene rings is 1. The third-order valence-corrected chi connectivity index (χ3v) is 7.05. The van der Waals surface area contributed by atoms with Crippen LogP contribution in [0.5, 0.6) is 5.75 Å². The first-order chi connectivity index (χ1) is 12.3. The first-order valence-corrected chi connectivity index (χ1v) is 8.96. The van der Waals surface area contributed by atoms with Crippen molar-refractivity contribution >= 4 is 17.2 Å². The number of phenolic OH excluding ortho intramolecular Hbond substituents is 1. The molecule has 4 atom stereocenters. The number of nitrogens with zero attached hydrogens (tertiary/aromatic N) is 2. The zero-order valence-electron chi connectivity index (χ0n) is 14.4. The van der Waals surface area contributed by atoms with E-state index in [2.05, 4.69) is 0 Å². The van der Waals surface area contributed by atoms with Gasteiger partial charge in [0.25, 0.3) is 5.75 Å². The molecule has 0 saturated heterocycles. The summed E-state index contributed by atoms with van der Waals surface area (Å²) in [5.41, 5.74) is -0.408. The van der Waals surface area contributed by atoms with Crippen LogP contribution in [0.15, 0.2) is 6.07 Å². The number of hydrogen-bond donors (Lipinski definition) is 1. The summed E-state index contributed by atoms with van der Waals surface area (Å²) in [5.74, 6) is -0.144.